The normalized spacial score (nSPS) is 35.1. The first-order valence-corrected chi connectivity index (χ1v) is 8.41. The molecule has 0 aromatic carbocycles. The molecule has 0 bridgehead atoms. The van der Waals surface area contributed by atoms with Gasteiger partial charge in [0.1, 0.15) is 0 Å². The maximum absolute atomic E-state index is 10.2. The van der Waals surface area contributed by atoms with Crippen molar-refractivity contribution in [1.82, 2.24) is 10.2 Å². The monoisotopic (exact) mass is 266 g/mol. The quantitative estimate of drug-likeness (QED) is 0.772. The molecule has 2 saturated carbocycles. The van der Waals surface area contributed by atoms with Gasteiger partial charge in [0.25, 0.3) is 0 Å². The molecule has 3 fully saturated rings. The summed E-state index contributed by atoms with van der Waals surface area (Å²) in [4.78, 5) is 2.67. The van der Waals surface area contributed by atoms with Crippen LogP contribution in [-0.4, -0.2) is 47.8 Å². The molecule has 110 valence electrons. The van der Waals surface area contributed by atoms with E-state index >= 15 is 0 Å². The van der Waals surface area contributed by atoms with E-state index < -0.39 is 0 Å². The second-order valence-corrected chi connectivity index (χ2v) is 7.06. The molecule has 1 aliphatic heterocycles. The molecule has 1 saturated heterocycles. The van der Waals surface area contributed by atoms with Crippen LogP contribution in [0.5, 0.6) is 0 Å². The van der Waals surface area contributed by atoms with Gasteiger partial charge in [-0.15, -0.1) is 0 Å². The van der Waals surface area contributed by atoms with Crippen molar-refractivity contribution >= 4 is 0 Å². The highest BCUT2D eigenvalue weighted by Crippen LogP contribution is 2.32. The Balaban J connectivity index is 1.55. The van der Waals surface area contributed by atoms with Gasteiger partial charge in [-0.05, 0) is 56.9 Å². The van der Waals surface area contributed by atoms with E-state index in [0.717, 1.165) is 24.9 Å². The molecule has 3 nitrogen and oxygen atoms in total. The van der Waals surface area contributed by atoms with Gasteiger partial charge < -0.3 is 10.4 Å². The molecule has 0 aromatic rings. The van der Waals surface area contributed by atoms with Crippen molar-refractivity contribution in [2.45, 2.75) is 70.1 Å². The smallest absolute Gasteiger partial charge is 0.0578 e. The lowest BCUT2D eigenvalue weighted by atomic mass is 9.84. The van der Waals surface area contributed by atoms with Crippen molar-refractivity contribution in [3.8, 4) is 0 Å². The standard InChI is InChI=1S/C16H30N2O/c1-2-16(19)13-8-14(17-9-12-6-7-12)11-18(10-13)15-4-3-5-15/h12-17,19H,2-11H2,1H3. The first-order chi connectivity index (χ1) is 9.26. The summed E-state index contributed by atoms with van der Waals surface area (Å²) < 4.78 is 0. The van der Waals surface area contributed by atoms with E-state index in [0.29, 0.717) is 12.0 Å². The Hall–Kier alpha value is -0.120. The Morgan fingerprint density at radius 2 is 2.00 bits per heavy atom. The van der Waals surface area contributed by atoms with Crippen LogP contribution in [0, 0.1) is 11.8 Å². The second kappa shape index (κ2) is 6.11. The highest BCUT2D eigenvalue weighted by atomic mass is 16.3. The number of aliphatic hydroxyl groups is 1. The number of hydrogen-bond acceptors (Lipinski definition) is 3. The van der Waals surface area contributed by atoms with Gasteiger partial charge in [0.2, 0.25) is 0 Å². The molecule has 3 rings (SSSR count). The zero-order valence-corrected chi connectivity index (χ0v) is 12.4. The van der Waals surface area contributed by atoms with E-state index in [-0.39, 0.29) is 6.10 Å². The number of nitrogens with one attached hydrogen (secondary N) is 1. The second-order valence-electron chi connectivity index (χ2n) is 7.06. The number of likely N-dealkylation sites (tertiary alicyclic amines) is 1. The molecule has 0 radical (unpaired) electrons. The molecular formula is C16H30N2O. The topological polar surface area (TPSA) is 35.5 Å². The summed E-state index contributed by atoms with van der Waals surface area (Å²) in [5.41, 5.74) is 0. The predicted molar refractivity (Wildman–Crippen MR) is 78.1 cm³/mol. The van der Waals surface area contributed by atoms with Crippen LogP contribution in [0.4, 0.5) is 0 Å². The Morgan fingerprint density at radius 3 is 2.58 bits per heavy atom. The molecular weight excluding hydrogens is 236 g/mol. The van der Waals surface area contributed by atoms with E-state index in [2.05, 4.69) is 17.1 Å². The Labute approximate surface area is 117 Å². The van der Waals surface area contributed by atoms with Crippen molar-refractivity contribution in [2.75, 3.05) is 19.6 Å². The molecule has 0 aromatic heterocycles. The van der Waals surface area contributed by atoms with Crippen LogP contribution in [0.2, 0.25) is 0 Å². The zero-order chi connectivity index (χ0) is 13.2. The lowest BCUT2D eigenvalue weighted by Crippen LogP contribution is -2.56. The average molecular weight is 266 g/mol. The maximum Gasteiger partial charge on any atom is 0.0578 e. The first-order valence-electron chi connectivity index (χ1n) is 8.41. The Bertz CT molecular complexity index is 276. The van der Waals surface area contributed by atoms with E-state index in [1.807, 2.05) is 0 Å². The van der Waals surface area contributed by atoms with Crippen LogP contribution in [0.25, 0.3) is 0 Å². The number of aliphatic hydroxyl groups excluding tert-OH is 1. The average Bonchev–Trinajstić information content (AvgIpc) is 3.17. The summed E-state index contributed by atoms with van der Waals surface area (Å²) in [5.74, 6) is 1.43. The lowest BCUT2D eigenvalue weighted by Gasteiger charge is -2.46. The summed E-state index contributed by atoms with van der Waals surface area (Å²) in [6, 6.07) is 1.43. The van der Waals surface area contributed by atoms with Crippen molar-refractivity contribution in [3.63, 3.8) is 0 Å². The van der Waals surface area contributed by atoms with Gasteiger partial charge in [0.05, 0.1) is 6.10 Å². The summed E-state index contributed by atoms with van der Waals surface area (Å²) in [6.07, 6.45) is 8.98. The summed E-state index contributed by atoms with van der Waals surface area (Å²) in [6.45, 7) is 5.66. The van der Waals surface area contributed by atoms with Crippen molar-refractivity contribution < 1.29 is 5.11 Å². The number of rotatable bonds is 6. The SMILES string of the molecule is CCC(O)C1CC(NCC2CC2)CN(C2CCC2)C1. The fourth-order valence-corrected chi connectivity index (χ4v) is 3.64. The maximum atomic E-state index is 10.2. The molecule has 0 spiro atoms. The first kappa shape index (κ1) is 13.8. The third-order valence-corrected chi connectivity index (χ3v) is 5.46. The molecule has 19 heavy (non-hydrogen) atoms. The van der Waals surface area contributed by atoms with Crippen LogP contribution in [0.1, 0.15) is 51.9 Å². The molecule has 0 amide bonds. The van der Waals surface area contributed by atoms with Crippen LogP contribution in [0.3, 0.4) is 0 Å². The molecule has 2 aliphatic carbocycles. The highest BCUT2D eigenvalue weighted by molar-refractivity contribution is 4.92. The predicted octanol–water partition coefficient (Wildman–Crippen LogP) is 2.00. The van der Waals surface area contributed by atoms with Crippen LogP contribution >= 0.6 is 0 Å². The minimum Gasteiger partial charge on any atom is -0.393 e. The molecule has 1 heterocycles. The summed E-state index contributed by atoms with van der Waals surface area (Å²) in [7, 11) is 0. The van der Waals surface area contributed by atoms with Crippen molar-refractivity contribution in [3.05, 3.63) is 0 Å². The van der Waals surface area contributed by atoms with Crippen LogP contribution in [0.15, 0.2) is 0 Å². The number of nitrogens with zero attached hydrogens (tertiary/aromatic N) is 1. The number of hydrogen-bond donors (Lipinski definition) is 2. The van der Waals surface area contributed by atoms with Crippen LogP contribution in [-0.2, 0) is 0 Å². The minimum atomic E-state index is -0.104. The third-order valence-electron chi connectivity index (χ3n) is 5.46. The van der Waals surface area contributed by atoms with Gasteiger partial charge in [0.15, 0.2) is 0 Å². The third kappa shape index (κ3) is 3.50. The van der Waals surface area contributed by atoms with Crippen LogP contribution < -0.4 is 5.32 Å². The van der Waals surface area contributed by atoms with Crippen molar-refractivity contribution in [2.24, 2.45) is 11.8 Å². The van der Waals surface area contributed by atoms with Gasteiger partial charge in [-0.25, -0.2) is 0 Å². The van der Waals surface area contributed by atoms with Gasteiger partial charge >= 0.3 is 0 Å². The van der Waals surface area contributed by atoms with E-state index in [1.165, 1.54) is 51.6 Å². The molecule has 3 atom stereocenters. The van der Waals surface area contributed by atoms with E-state index in [1.54, 1.807) is 0 Å². The number of piperidine rings is 1. The fraction of sp³-hybridized carbons (Fsp3) is 1.00. The zero-order valence-electron chi connectivity index (χ0n) is 12.4. The largest absolute Gasteiger partial charge is 0.393 e. The molecule has 3 heteroatoms. The van der Waals surface area contributed by atoms with Gasteiger partial charge in [0, 0.05) is 25.2 Å². The Kier molecular flexibility index (Phi) is 4.45. The van der Waals surface area contributed by atoms with Crippen molar-refractivity contribution in [1.29, 1.82) is 0 Å². The van der Waals surface area contributed by atoms with Gasteiger partial charge in [-0.2, -0.15) is 0 Å². The van der Waals surface area contributed by atoms with Gasteiger partial charge in [-0.3, -0.25) is 4.90 Å². The van der Waals surface area contributed by atoms with E-state index in [4.69, 9.17) is 0 Å². The van der Waals surface area contributed by atoms with Gasteiger partial charge in [-0.1, -0.05) is 13.3 Å². The molecule has 2 N–H and O–H groups in total. The van der Waals surface area contributed by atoms with E-state index in [9.17, 15) is 5.11 Å². The lowest BCUT2D eigenvalue weighted by molar-refractivity contribution is 0.00267. The summed E-state index contributed by atoms with van der Waals surface area (Å²) in [5, 5.41) is 14.0. The molecule has 3 unspecified atom stereocenters. The minimum absolute atomic E-state index is 0.104. The summed E-state index contributed by atoms with van der Waals surface area (Å²) >= 11 is 0. The highest BCUT2D eigenvalue weighted by Gasteiger charge is 2.36. The fourth-order valence-electron chi connectivity index (χ4n) is 3.64. The molecule has 3 aliphatic rings. The Morgan fingerprint density at radius 1 is 1.21 bits per heavy atom.